The molecule has 0 spiro atoms. The number of anilines is 1. The number of nitrogens with two attached hydrogens (primary N) is 1. The molecule has 3 rings (SSSR count). The van der Waals surface area contributed by atoms with E-state index in [9.17, 15) is 18.4 Å². The SMILES string of the molecule is CN(Cc1c(F)cccc1Cl)C(=O)C1=NN(c2ccc(F)cc2)C(C(N)=O)C1. The minimum Gasteiger partial charge on any atom is -0.368 e. The van der Waals surface area contributed by atoms with Crippen molar-refractivity contribution in [3.8, 4) is 0 Å². The number of rotatable bonds is 5. The second-order valence-corrected chi connectivity index (χ2v) is 6.76. The predicted octanol–water partition coefficient (Wildman–Crippen LogP) is 2.70. The fraction of sp³-hybridized carbons (Fsp3) is 0.211. The minimum atomic E-state index is -0.880. The first kappa shape index (κ1) is 19.8. The Hall–Kier alpha value is -3.00. The van der Waals surface area contributed by atoms with Gasteiger partial charge in [-0.2, -0.15) is 5.10 Å². The van der Waals surface area contributed by atoms with Gasteiger partial charge in [0.15, 0.2) is 0 Å². The Morgan fingerprint density at radius 3 is 2.54 bits per heavy atom. The van der Waals surface area contributed by atoms with Crippen molar-refractivity contribution in [1.82, 2.24) is 4.90 Å². The van der Waals surface area contributed by atoms with Crippen molar-refractivity contribution >= 4 is 34.8 Å². The van der Waals surface area contributed by atoms with Crippen LogP contribution in [0.25, 0.3) is 0 Å². The van der Waals surface area contributed by atoms with Crippen LogP contribution in [0.15, 0.2) is 47.6 Å². The Labute approximate surface area is 165 Å². The molecule has 0 saturated heterocycles. The molecular formula is C19H17ClF2N4O2. The Balaban J connectivity index is 1.83. The number of carbonyl (C=O) groups excluding carboxylic acids is 2. The summed E-state index contributed by atoms with van der Waals surface area (Å²) in [6.45, 7) is -0.0683. The maximum absolute atomic E-state index is 14.0. The zero-order valence-corrected chi connectivity index (χ0v) is 15.7. The molecule has 0 aliphatic carbocycles. The van der Waals surface area contributed by atoms with E-state index in [1.54, 1.807) is 0 Å². The summed E-state index contributed by atoms with van der Waals surface area (Å²) in [7, 11) is 1.48. The van der Waals surface area contributed by atoms with Crippen molar-refractivity contribution in [3.63, 3.8) is 0 Å². The lowest BCUT2D eigenvalue weighted by Gasteiger charge is -2.20. The van der Waals surface area contributed by atoms with Gasteiger partial charge >= 0.3 is 0 Å². The van der Waals surface area contributed by atoms with Crippen LogP contribution in [0.1, 0.15) is 12.0 Å². The molecule has 1 atom stereocenters. The van der Waals surface area contributed by atoms with E-state index in [0.29, 0.717) is 5.69 Å². The first-order valence-corrected chi connectivity index (χ1v) is 8.75. The minimum absolute atomic E-state index is 0.0130. The summed E-state index contributed by atoms with van der Waals surface area (Å²) in [6, 6.07) is 8.69. The van der Waals surface area contributed by atoms with Crippen LogP contribution >= 0.6 is 11.6 Å². The average molecular weight is 407 g/mol. The summed E-state index contributed by atoms with van der Waals surface area (Å²) < 4.78 is 27.1. The van der Waals surface area contributed by atoms with E-state index < -0.39 is 29.5 Å². The normalized spacial score (nSPS) is 16.1. The molecule has 2 aromatic rings. The molecule has 9 heteroatoms. The second kappa shape index (κ2) is 7.93. The second-order valence-electron chi connectivity index (χ2n) is 6.35. The molecule has 2 amide bonds. The maximum atomic E-state index is 14.0. The van der Waals surface area contributed by atoms with Crippen molar-refractivity contribution < 1.29 is 18.4 Å². The lowest BCUT2D eigenvalue weighted by molar-refractivity contribution is -0.123. The highest BCUT2D eigenvalue weighted by atomic mass is 35.5. The van der Waals surface area contributed by atoms with Crippen LogP contribution < -0.4 is 10.7 Å². The zero-order chi connectivity index (χ0) is 20.4. The van der Waals surface area contributed by atoms with Gasteiger partial charge in [-0.25, -0.2) is 8.78 Å². The fourth-order valence-electron chi connectivity index (χ4n) is 2.91. The Bertz CT molecular complexity index is 929. The van der Waals surface area contributed by atoms with Crippen molar-refractivity contribution in [2.75, 3.05) is 12.1 Å². The number of hydrogen-bond donors (Lipinski definition) is 1. The van der Waals surface area contributed by atoms with Crippen molar-refractivity contribution in [2.24, 2.45) is 10.8 Å². The van der Waals surface area contributed by atoms with Gasteiger partial charge in [-0.1, -0.05) is 17.7 Å². The van der Waals surface area contributed by atoms with Crippen molar-refractivity contribution in [2.45, 2.75) is 19.0 Å². The Morgan fingerprint density at radius 1 is 1.25 bits per heavy atom. The molecule has 1 aliphatic rings. The van der Waals surface area contributed by atoms with Crippen LogP contribution in [0.2, 0.25) is 5.02 Å². The van der Waals surface area contributed by atoms with Crippen LogP contribution in [0.3, 0.4) is 0 Å². The summed E-state index contributed by atoms with van der Waals surface area (Å²) >= 11 is 6.01. The molecule has 1 heterocycles. The third-order valence-corrected chi connectivity index (χ3v) is 4.73. The maximum Gasteiger partial charge on any atom is 0.270 e. The molecule has 0 saturated carbocycles. The standard InChI is InChI=1S/C19H17ClF2N4O2/c1-25(10-13-14(20)3-2-4-15(13)22)19(28)16-9-17(18(23)27)26(24-16)12-7-5-11(21)6-8-12/h2-8,17H,9-10H2,1H3,(H2,23,27). The third kappa shape index (κ3) is 3.96. The van der Waals surface area contributed by atoms with E-state index >= 15 is 0 Å². The number of halogens is 3. The molecule has 146 valence electrons. The van der Waals surface area contributed by atoms with E-state index in [2.05, 4.69) is 5.10 Å². The van der Waals surface area contributed by atoms with Gasteiger partial charge in [0, 0.05) is 24.1 Å². The summed E-state index contributed by atoms with van der Waals surface area (Å²) in [5.74, 6) is -2.13. The highest BCUT2D eigenvalue weighted by molar-refractivity contribution is 6.40. The monoisotopic (exact) mass is 406 g/mol. The molecule has 0 fully saturated rings. The van der Waals surface area contributed by atoms with Crippen molar-refractivity contribution in [1.29, 1.82) is 0 Å². The smallest absolute Gasteiger partial charge is 0.270 e. The number of primary amides is 1. The highest BCUT2D eigenvalue weighted by Gasteiger charge is 2.36. The summed E-state index contributed by atoms with van der Waals surface area (Å²) in [5, 5.41) is 5.70. The molecule has 2 aromatic carbocycles. The van der Waals surface area contributed by atoms with Gasteiger partial charge in [0.2, 0.25) is 5.91 Å². The number of hydrogen-bond acceptors (Lipinski definition) is 4. The number of carbonyl (C=O) groups is 2. The molecule has 1 aliphatic heterocycles. The van der Waals surface area contributed by atoms with Crippen LogP contribution in [0.4, 0.5) is 14.5 Å². The van der Waals surface area contributed by atoms with Gasteiger partial charge in [0.1, 0.15) is 23.4 Å². The van der Waals surface area contributed by atoms with Crippen LogP contribution in [-0.2, 0) is 16.1 Å². The zero-order valence-electron chi connectivity index (χ0n) is 14.9. The average Bonchev–Trinajstić information content (AvgIpc) is 3.10. The summed E-state index contributed by atoms with van der Waals surface area (Å²) in [4.78, 5) is 25.8. The van der Waals surface area contributed by atoms with Crippen LogP contribution in [-0.4, -0.2) is 35.5 Å². The van der Waals surface area contributed by atoms with Gasteiger partial charge in [0.25, 0.3) is 5.91 Å². The quantitative estimate of drug-likeness (QED) is 0.829. The lowest BCUT2D eigenvalue weighted by atomic mass is 10.1. The fourth-order valence-corrected chi connectivity index (χ4v) is 3.13. The van der Waals surface area contributed by atoms with Crippen molar-refractivity contribution in [3.05, 3.63) is 64.7 Å². The molecule has 0 radical (unpaired) electrons. The topological polar surface area (TPSA) is 79.0 Å². The first-order valence-electron chi connectivity index (χ1n) is 8.38. The predicted molar refractivity (Wildman–Crippen MR) is 102 cm³/mol. The summed E-state index contributed by atoms with van der Waals surface area (Å²) in [5.41, 5.74) is 6.13. The first-order chi connectivity index (χ1) is 13.3. The summed E-state index contributed by atoms with van der Waals surface area (Å²) in [6.07, 6.45) is -0.0130. The van der Waals surface area contributed by atoms with Gasteiger partial charge in [0.05, 0.1) is 12.2 Å². The number of nitrogens with zero attached hydrogens (tertiary/aromatic N) is 3. The molecule has 0 aromatic heterocycles. The van der Waals surface area contributed by atoms with E-state index in [1.165, 1.54) is 59.4 Å². The molecule has 1 unspecified atom stereocenters. The van der Waals surface area contributed by atoms with E-state index in [1.807, 2.05) is 0 Å². The highest BCUT2D eigenvalue weighted by Crippen LogP contribution is 2.26. The Kier molecular flexibility index (Phi) is 5.60. The molecule has 0 bridgehead atoms. The van der Waals surface area contributed by atoms with Gasteiger partial charge in [-0.05, 0) is 36.4 Å². The van der Waals surface area contributed by atoms with E-state index in [4.69, 9.17) is 17.3 Å². The number of amides is 2. The van der Waals surface area contributed by atoms with E-state index in [-0.39, 0.29) is 29.3 Å². The largest absolute Gasteiger partial charge is 0.368 e. The van der Waals surface area contributed by atoms with Gasteiger partial charge in [-0.3, -0.25) is 14.6 Å². The van der Waals surface area contributed by atoms with E-state index in [0.717, 1.165) is 0 Å². The van der Waals surface area contributed by atoms with Gasteiger partial charge < -0.3 is 10.6 Å². The third-order valence-electron chi connectivity index (χ3n) is 4.38. The molecule has 2 N–H and O–H groups in total. The Morgan fingerprint density at radius 2 is 1.93 bits per heavy atom. The lowest BCUT2D eigenvalue weighted by Crippen LogP contribution is -2.40. The number of benzene rings is 2. The van der Waals surface area contributed by atoms with Gasteiger partial charge in [-0.15, -0.1) is 0 Å². The molecule has 28 heavy (non-hydrogen) atoms. The number of hydrazone groups is 1. The molecular weight excluding hydrogens is 390 g/mol. The van der Waals surface area contributed by atoms with Crippen LogP contribution in [0, 0.1) is 11.6 Å². The van der Waals surface area contributed by atoms with Crippen LogP contribution in [0.5, 0.6) is 0 Å². The molecule has 6 nitrogen and oxygen atoms in total.